The number of hydrogen-bond acceptors (Lipinski definition) is 3. The summed E-state index contributed by atoms with van der Waals surface area (Å²) in [6, 6.07) is 10.1. The van der Waals surface area contributed by atoms with Gasteiger partial charge in [0, 0.05) is 28.7 Å². The predicted molar refractivity (Wildman–Crippen MR) is 85.4 cm³/mol. The van der Waals surface area contributed by atoms with Crippen LogP contribution in [0.5, 0.6) is 0 Å². The van der Waals surface area contributed by atoms with Gasteiger partial charge in [0.15, 0.2) is 0 Å². The fraction of sp³-hybridized carbons (Fsp3) is 0.312. The van der Waals surface area contributed by atoms with Crippen molar-refractivity contribution in [2.75, 3.05) is 5.73 Å². The normalized spacial score (nSPS) is 9.63. The van der Waals surface area contributed by atoms with Gasteiger partial charge in [0.1, 0.15) is 0 Å². The predicted octanol–water partition coefficient (Wildman–Crippen LogP) is 4.54. The van der Waals surface area contributed by atoms with E-state index in [4.69, 9.17) is 5.73 Å². The molecule has 1 heterocycles. The Kier molecular flexibility index (Phi) is 7.04. The van der Waals surface area contributed by atoms with E-state index in [-0.39, 0.29) is 0 Å². The monoisotopic (exact) mass is 274 g/mol. The zero-order valence-corrected chi connectivity index (χ0v) is 12.7. The number of hydrogen-bond donors (Lipinski definition) is 1. The van der Waals surface area contributed by atoms with Crippen molar-refractivity contribution in [1.29, 1.82) is 0 Å². The highest BCUT2D eigenvalue weighted by molar-refractivity contribution is 7.98. The van der Waals surface area contributed by atoms with Gasteiger partial charge >= 0.3 is 0 Å². The third kappa shape index (κ3) is 4.95. The van der Waals surface area contributed by atoms with Crippen LogP contribution in [-0.4, -0.2) is 4.98 Å². The molecule has 0 atom stereocenters. The summed E-state index contributed by atoms with van der Waals surface area (Å²) in [5.74, 6) is 0.959. The van der Waals surface area contributed by atoms with Crippen molar-refractivity contribution < 1.29 is 0 Å². The quantitative estimate of drug-likeness (QED) is 0.657. The van der Waals surface area contributed by atoms with Crippen LogP contribution < -0.4 is 5.73 Å². The number of rotatable bonds is 4. The van der Waals surface area contributed by atoms with Crippen LogP contribution in [0.1, 0.15) is 31.9 Å². The maximum Gasteiger partial charge on any atom is 0.0314 e. The number of benzene rings is 1. The first-order valence-corrected chi connectivity index (χ1v) is 7.68. The Morgan fingerprint density at radius 1 is 1.05 bits per heavy atom. The molecule has 0 saturated carbocycles. The number of nitrogens with two attached hydrogens (primary N) is 1. The van der Waals surface area contributed by atoms with Crippen molar-refractivity contribution in [3.8, 4) is 0 Å². The van der Waals surface area contributed by atoms with Gasteiger partial charge in [-0.05, 0) is 47.9 Å². The molecule has 0 aliphatic carbocycles. The van der Waals surface area contributed by atoms with Crippen molar-refractivity contribution >= 4 is 17.4 Å². The average Bonchev–Trinajstić information content (AvgIpc) is 2.49. The van der Waals surface area contributed by atoms with Gasteiger partial charge < -0.3 is 5.73 Å². The molecule has 0 saturated heterocycles. The van der Waals surface area contributed by atoms with Crippen LogP contribution in [0, 0.1) is 0 Å². The molecule has 2 rings (SSSR count). The van der Waals surface area contributed by atoms with Gasteiger partial charge in [-0.3, -0.25) is 4.98 Å². The number of nitrogen functional groups attached to an aromatic ring is 1. The lowest BCUT2D eigenvalue weighted by atomic mass is 10.1. The molecular formula is C16H22N2S. The lowest BCUT2D eigenvalue weighted by Gasteiger charge is -2.06. The molecule has 3 heteroatoms. The lowest BCUT2D eigenvalue weighted by Crippen LogP contribution is -1.91. The molecule has 0 radical (unpaired) electrons. The van der Waals surface area contributed by atoms with E-state index in [1.54, 1.807) is 0 Å². The number of anilines is 1. The molecule has 0 spiro atoms. The second-order valence-corrected chi connectivity index (χ2v) is 4.90. The fourth-order valence-corrected chi connectivity index (χ4v) is 2.57. The maximum atomic E-state index is 5.66. The van der Waals surface area contributed by atoms with Gasteiger partial charge in [0.25, 0.3) is 0 Å². The van der Waals surface area contributed by atoms with Crippen LogP contribution in [0.2, 0.25) is 0 Å². The summed E-state index contributed by atoms with van der Waals surface area (Å²) >= 11 is 1.82. The minimum Gasteiger partial charge on any atom is -0.399 e. The van der Waals surface area contributed by atoms with Crippen LogP contribution in [0.25, 0.3) is 0 Å². The van der Waals surface area contributed by atoms with E-state index in [9.17, 15) is 0 Å². The largest absolute Gasteiger partial charge is 0.399 e. The third-order valence-corrected chi connectivity index (χ3v) is 3.72. The van der Waals surface area contributed by atoms with Gasteiger partial charge in [0.2, 0.25) is 0 Å². The van der Waals surface area contributed by atoms with Crippen molar-refractivity contribution in [3.63, 3.8) is 0 Å². The second-order valence-electron chi connectivity index (χ2n) is 3.86. The lowest BCUT2D eigenvalue weighted by molar-refractivity contribution is 1.07. The Morgan fingerprint density at radius 2 is 1.74 bits per heavy atom. The van der Waals surface area contributed by atoms with E-state index in [1.807, 2.05) is 50.1 Å². The van der Waals surface area contributed by atoms with E-state index in [0.717, 1.165) is 17.9 Å². The number of nitrogens with zero attached hydrogens (tertiary/aromatic N) is 1. The van der Waals surface area contributed by atoms with E-state index in [2.05, 4.69) is 30.1 Å². The van der Waals surface area contributed by atoms with Crippen LogP contribution in [0.4, 0.5) is 5.69 Å². The van der Waals surface area contributed by atoms with E-state index >= 15 is 0 Å². The van der Waals surface area contributed by atoms with Crippen molar-refractivity contribution in [2.45, 2.75) is 37.8 Å². The molecule has 0 unspecified atom stereocenters. The summed E-state index contributed by atoms with van der Waals surface area (Å²) in [7, 11) is 0. The van der Waals surface area contributed by atoms with Crippen molar-refractivity contribution in [2.24, 2.45) is 0 Å². The highest BCUT2D eigenvalue weighted by atomic mass is 32.2. The molecule has 0 fully saturated rings. The SMILES string of the molecule is CC.CCc1ccncc1CSc1ccc(N)cc1. The number of pyridine rings is 1. The van der Waals surface area contributed by atoms with E-state index in [0.29, 0.717) is 0 Å². The first-order chi connectivity index (χ1) is 9.29. The Morgan fingerprint density at radius 3 is 2.37 bits per heavy atom. The Bertz CT molecular complexity index is 480. The second kappa shape index (κ2) is 8.59. The molecular weight excluding hydrogens is 252 g/mol. The summed E-state index contributed by atoms with van der Waals surface area (Å²) in [5.41, 5.74) is 9.16. The first-order valence-electron chi connectivity index (χ1n) is 6.69. The maximum absolute atomic E-state index is 5.66. The summed E-state index contributed by atoms with van der Waals surface area (Å²) in [6.07, 6.45) is 4.87. The highest BCUT2D eigenvalue weighted by Crippen LogP contribution is 2.24. The van der Waals surface area contributed by atoms with Gasteiger partial charge in [-0.15, -0.1) is 11.8 Å². The van der Waals surface area contributed by atoms with Crippen molar-refractivity contribution in [1.82, 2.24) is 4.98 Å². The van der Waals surface area contributed by atoms with Gasteiger partial charge in [-0.25, -0.2) is 0 Å². The standard InChI is InChI=1S/C14H16N2S.C2H6/c1-2-11-7-8-16-9-12(11)10-17-14-5-3-13(15)4-6-14;1-2/h3-9H,2,10,15H2,1H3;1-2H3. The van der Waals surface area contributed by atoms with Crippen LogP contribution >= 0.6 is 11.8 Å². The molecule has 0 aliphatic rings. The molecule has 0 bridgehead atoms. The number of aromatic nitrogens is 1. The van der Waals surface area contributed by atoms with Gasteiger partial charge in [-0.1, -0.05) is 20.8 Å². The Hall–Kier alpha value is -1.48. The molecule has 1 aromatic carbocycles. The zero-order chi connectivity index (χ0) is 14.1. The molecule has 0 amide bonds. The topological polar surface area (TPSA) is 38.9 Å². The number of aryl methyl sites for hydroxylation is 1. The van der Waals surface area contributed by atoms with Gasteiger partial charge in [-0.2, -0.15) is 0 Å². The summed E-state index contributed by atoms with van der Waals surface area (Å²) in [5, 5.41) is 0. The fourth-order valence-electron chi connectivity index (χ4n) is 1.66. The molecule has 2 aromatic rings. The van der Waals surface area contributed by atoms with Gasteiger partial charge in [0.05, 0.1) is 0 Å². The first kappa shape index (κ1) is 15.6. The molecule has 19 heavy (non-hydrogen) atoms. The van der Waals surface area contributed by atoms with E-state index in [1.165, 1.54) is 16.0 Å². The molecule has 2 N–H and O–H groups in total. The Labute approximate surface area is 120 Å². The third-order valence-electron chi connectivity index (χ3n) is 2.66. The number of thioether (sulfide) groups is 1. The van der Waals surface area contributed by atoms with Crippen molar-refractivity contribution in [3.05, 3.63) is 53.9 Å². The minimum absolute atomic E-state index is 0.810. The minimum atomic E-state index is 0.810. The average molecular weight is 274 g/mol. The molecule has 1 aromatic heterocycles. The van der Waals surface area contributed by atoms with Crippen LogP contribution in [-0.2, 0) is 12.2 Å². The summed E-state index contributed by atoms with van der Waals surface area (Å²) in [4.78, 5) is 5.43. The van der Waals surface area contributed by atoms with Crippen LogP contribution in [0.15, 0.2) is 47.6 Å². The molecule has 2 nitrogen and oxygen atoms in total. The van der Waals surface area contributed by atoms with Crippen LogP contribution in [0.3, 0.4) is 0 Å². The summed E-state index contributed by atoms with van der Waals surface area (Å²) in [6.45, 7) is 6.17. The van der Waals surface area contributed by atoms with E-state index < -0.39 is 0 Å². The Balaban J connectivity index is 0.000000861. The smallest absolute Gasteiger partial charge is 0.0314 e. The summed E-state index contributed by atoms with van der Waals surface area (Å²) < 4.78 is 0. The zero-order valence-electron chi connectivity index (χ0n) is 11.9. The molecule has 0 aliphatic heterocycles. The molecule has 102 valence electrons. The highest BCUT2D eigenvalue weighted by Gasteiger charge is 2.01.